The number of rotatable bonds is 11. The predicted octanol–water partition coefficient (Wildman–Crippen LogP) is 2.85. The lowest BCUT2D eigenvalue weighted by atomic mass is 9.98. The molecule has 166 valence electrons. The number of hydrogen-bond acceptors (Lipinski definition) is 5. The molecule has 0 aliphatic heterocycles. The van der Waals surface area contributed by atoms with E-state index < -0.39 is 11.8 Å². The molecule has 0 aliphatic carbocycles. The van der Waals surface area contributed by atoms with E-state index in [1.807, 2.05) is 60.7 Å². The van der Waals surface area contributed by atoms with Crippen LogP contribution in [-0.4, -0.2) is 41.7 Å². The minimum Gasteiger partial charge on any atom is -0.451 e. The first-order chi connectivity index (χ1) is 15.6. The summed E-state index contributed by atoms with van der Waals surface area (Å²) < 4.78 is 5.59. The second-order valence-corrected chi connectivity index (χ2v) is 7.20. The van der Waals surface area contributed by atoms with Crippen LogP contribution < -0.4 is 10.6 Å². The summed E-state index contributed by atoms with van der Waals surface area (Å²) in [6.45, 7) is -0.262. The van der Waals surface area contributed by atoms with Gasteiger partial charge < -0.3 is 15.1 Å². The predicted molar refractivity (Wildman–Crippen MR) is 117 cm³/mol. The second-order valence-electron chi connectivity index (χ2n) is 7.20. The van der Waals surface area contributed by atoms with Gasteiger partial charge in [0.1, 0.15) is 5.76 Å². The van der Waals surface area contributed by atoms with Gasteiger partial charge in [0.05, 0.1) is 19.1 Å². The third-order valence-electron chi connectivity index (χ3n) is 4.92. The lowest BCUT2D eigenvalue weighted by molar-refractivity contribution is -0.154. The standard InChI is InChI=1S/C24H25N3O5/c28-17-27(31)15-20(12-11-18-7-3-1-4-8-18)23(29)25-16-26-24(30)22-14-13-21(32-22)19-9-5-2-6-10-19/h1-10,13-14,17,20,31H,11-12,15-16H2,(H,25,29)(H,26,30)/t20-/m1/s1. The van der Waals surface area contributed by atoms with Crippen molar-refractivity contribution in [2.75, 3.05) is 13.2 Å². The van der Waals surface area contributed by atoms with E-state index in [4.69, 9.17) is 4.42 Å². The lowest BCUT2D eigenvalue weighted by Crippen LogP contribution is -2.43. The molecule has 3 amide bonds. The molecule has 3 rings (SSSR count). The van der Waals surface area contributed by atoms with Crippen molar-refractivity contribution in [1.82, 2.24) is 15.7 Å². The van der Waals surface area contributed by atoms with Crippen molar-refractivity contribution in [1.29, 1.82) is 0 Å². The highest BCUT2D eigenvalue weighted by atomic mass is 16.5. The van der Waals surface area contributed by atoms with Crippen LogP contribution in [0.15, 0.2) is 77.2 Å². The number of hydrogen-bond donors (Lipinski definition) is 3. The molecule has 0 aliphatic rings. The molecule has 0 fully saturated rings. The van der Waals surface area contributed by atoms with E-state index in [9.17, 15) is 19.6 Å². The van der Waals surface area contributed by atoms with E-state index in [2.05, 4.69) is 10.6 Å². The Morgan fingerprint density at radius 3 is 2.34 bits per heavy atom. The topological polar surface area (TPSA) is 112 Å². The Morgan fingerprint density at radius 1 is 0.969 bits per heavy atom. The molecule has 3 N–H and O–H groups in total. The minimum atomic E-state index is -0.643. The van der Waals surface area contributed by atoms with Crippen molar-refractivity contribution in [2.24, 2.45) is 5.92 Å². The van der Waals surface area contributed by atoms with Gasteiger partial charge in [-0.1, -0.05) is 60.7 Å². The molecule has 0 saturated heterocycles. The molecule has 32 heavy (non-hydrogen) atoms. The summed E-state index contributed by atoms with van der Waals surface area (Å²) in [5, 5.41) is 15.2. The zero-order valence-electron chi connectivity index (χ0n) is 17.4. The maximum Gasteiger partial charge on any atom is 0.288 e. The Balaban J connectivity index is 1.51. The fraction of sp³-hybridized carbons (Fsp3) is 0.208. The van der Waals surface area contributed by atoms with Gasteiger partial charge in [-0.2, -0.15) is 0 Å². The smallest absolute Gasteiger partial charge is 0.288 e. The van der Waals surface area contributed by atoms with Gasteiger partial charge >= 0.3 is 0 Å². The SMILES string of the molecule is O=CN(O)C[C@@H](CCc1ccccc1)C(=O)NCNC(=O)c1ccc(-c2ccccc2)o1. The minimum absolute atomic E-state index is 0.118. The van der Waals surface area contributed by atoms with Gasteiger partial charge in [-0.15, -0.1) is 0 Å². The summed E-state index contributed by atoms with van der Waals surface area (Å²) in [5.74, 6) is -0.800. The molecule has 0 spiro atoms. The first kappa shape index (κ1) is 22.8. The second kappa shape index (κ2) is 11.5. The van der Waals surface area contributed by atoms with Gasteiger partial charge in [0, 0.05) is 5.56 Å². The zero-order valence-corrected chi connectivity index (χ0v) is 17.4. The van der Waals surface area contributed by atoms with E-state index in [0.717, 1.165) is 11.1 Å². The Bertz CT molecular complexity index is 1020. The number of amides is 3. The molecule has 0 radical (unpaired) electrons. The van der Waals surface area contributed by atoms with Crippen LogP contribution in [0.5, 0.6) is 0 Å². The number of furan rings is 1. The van der Waals surface area contributed by atoms with Crippen LogP contribution in [0.4, 0.5) is 0 Å². The molecule has 8 nitrogen and oxygen atoms in total. The summed E-state index contributed by atoms with van der Waals surface area (Å²) in [4.78, 5) is 35.7. The number of nitrogens with one attached hydrogen (secondary N) is 2. The summed E-state index contributed by atoms with van der Waals surface area (Å²) in [6.07, 6.45) is 1.28. The van der Waals surface area contributed by atoms with Crippen LogP contribution in [-0.2, 0) is 16.0 Å². The Kier molecular flexibility index (Phi) is 8.16. The van der Waals surface area contributed by atoms with Crippen molar-refractivity contribution in [3.05, 3.63) is 84.1 Å². The molecule has 0 saturated carbocycles. The monoisotopic (exact) mass is 435 g/mol. The molecule has 2 aromatic carbocycles. The van der Waals surface area contributed by atoms with Crippen LogP contribution in [0, 0.1) is 5.92 Å². The lowest BCUT2D eigenvalue weighted by Gasteiger charge is -2.19. The van der Waals surface area contributed by atoms with Gasteiger partial charge in [-0.3, -0.25) is 19.6 Å². The Morgan fingerprint density at radius 2 is 1.66 bits per heavy atom. The molecule has 1 heterocycles. The van der Waals surface area contributed by atoms with Crippen LogP contribution in [0.2, 0.25) is 0 Å². The molecular formula is C24H25N3O5. The van der Waals surface area contributed by atoms with Crippen LogP contribution in [0.1, 0.15) is 22.5 Å². The van der Waals surface area contributed by atoms with Gasteiger partial charge in [0.25, 0.3) is 5.91 Å². The van der Waals surface area contributed by atoms with E-state index in [1.54, 1.807) is 12.1 Å². The first-order valence-electron chi connectivity index (χ1n) is 10.2. The highest BCUT2D eigenvalue weighted by molar-refractivity contribution is 5.92. The summed E-state index contributed by atoms with van der Waals surface area (Å²) >= 11 is 0. The number of benzene rings is 2. The average molecular weight is 435 g/mol. The third kappa shape index (κ3) is 6.55. The molecule has 1 aromatic heterocycles. The molecular weight excluding hydrogens is 410 g/mol. The fourth-order valence-corrected chi connectivity index (χ4v) is 3.22. The Labute approximate surface area is 185 Å². The largest absolute Gasteiger partial charge is 0.451 e. The van der Waals surface area contributed by atoms with Crippen LogP contribution in [0.25, 0.3) is 11.3 Å². The van der Waals surface area contributed by atoms with E-state index in [0.29, 0.717) is 23.7 Å². The maximum absolute atomic E-state index is 12.6. The highest BCUT2D eigenvalue weighted by Gasteiger charge is 2.21. The fourth-order valence-electron chi connectivity index (χ4n) is 3.22. The Hall–Kier alpha value is -3.91. The molecule has 0 unspecified atom stereocenters. The highest BCUT2D eigenvalue weighted by Crippen LogP contribution is 2.21. The van der Waals surface area contributed by atoms with E-state index >= 15 is 0 Å². The molecule has 1 atom stereocenters. The van der Waals surface area contributed by atoms with Crippen LogP contribution >= 0.6 is 0 Å². The van der Waals surface area contributed by atoms with Crippen molar-refractivity contribution in [2.45, 2.75) is 12.8 Å². The van der Waals surface area contributed by atoms with Crippen molar-refractivity contribution >= 4 is 18.2 Å². The van der Waals surface area contributed by atoms with Gasteiger partial charge in [0.15, 0.2) is 5.76 Å². The molecule has 3 aromatic rings. The molecule has 8 heteroatoms. The zero-order chi connectivity index (χ0) is 22.8. The number of aryl methyl sites for hydroxylation is 1. The maximum atomic E-state index is 12.6. The molecule has 0 bridgehead atoms. The van der Waals surface area contributed by atoms with Gasteiger partial charge in [-0.25, -0.2) is 5.06 Å². The quantitative estimate of drug-likeness (QED) is 0.186. The van der Waals surface area contributed by atoms with Crippen molar-refractivity contribution in [3.8, 4) is 11.3 Å². The summed E-state index contributed by atoms with van der Waals surface area (Å²) in [7, 11) is 0. The number of nitrogens with zero attached hydrogens (tertiary/aromatic N) is 1. The van der Waals surface area contributed by atoms with Gasteiger partial charge in [0.2, 0.25) is 12.3 Å². The average Bonchev–Trinajstić information content (AvgIpc) is 3.33. The third-order valence-corrected chi connectivity index (χ3v) is 4.92. The number of carbonyl (C=O) groups is 3. The van der Waals surface area contributed by atoms with E-state index in [1.165, 1.54) is 0 Å². The summed E-state index contributed by atoms with van der Waals surface area (Å²) in [5.41, 5.74) is 1.89. The van der Waals surface area contributed by atoms with Gasteiger partial charge in [-0.05, 0) is 30.5 Å². The van der Waals surface area contributed by atoms with Crippen LogP contribution in [0.3, 0.4) is 0 Å². The number of hydroxylamine groups is 2. The number of carbonyl (C=O) groups excluding carboxylic acids is 3. The normalized spacial score (nSPS) is 11.4. The summed E-state index contributed by atoms with van der Waals surface area (Å²) in [6, 6.07) is 22.3. The van der Waals surface area contributed by atoms with Crippen molar-refractivity contribution < 1.29 is 24.0 Å². The first-order valence-corrected chi connectivity index (χ1v) is 10.2. The van der Waals surface area contributed by atoms with Crippen molar-refractivity contribution in [3.63, 3.8) is 0 Å². The van der Waals surface area contributed by atoms with E-state index in [-0.39, 0.29) is 31.3 Å².